The number of rotatable bonds is 3. The number of carbonyl (C=O) groups excluding carboxylic acids is 1. The molecule has 0 spiro atoms. The highest BCUT2D eigenvalue weighted by molar-refractivity contribution is 7.20. The van der Waals surface area contributed by atoms with Gasteiger partial charge < -0.3 is 9.64 Å². The number of carbonyl (C=O) groups is 1. The van der Waals surface area contributed by atoms with Gasteiger partial charge in [0.05, 0.1) is 35.7 Å². The molecule has 0 unspecified atom stereocenters. The molecule has 1 amide bonds. The minimum atomic E-state index is 0.197. The lowest BCUT2D eigenvalue weighted by Crippen LogP contribution is -2.51. The molecule has 4 nitrogen and oxygen atoms in total. The Balaban J connectivity index is 1.45. The summed E-state index contributed by atoms with van der Waals surface area (Å²) in [6, 6.07) is 4.39. The third-order valence-electron chi connectivity index (χ3n) is 4.42. The van der Waals surface area contributed by atoms with Crippen molar-refractivity contribution in [3.8, 4) is 9.88 Å². The molecule has 2 aliphatic rings. The van der Waals surface area contributed by atoms with Crippen molar-refractivity contribution in [2.45, 2.75) is 37.8 Å². The number of hydrogen-bond donors (Lipinski definition) is 0. The first kappa shape index (κ1) is 14.4. The molecule has 0 radical (unpaired) electrons. The Labute approximate surface area is 137 Å². The molecule has 2 aromatic heterocycles. The van der Waals surface area contributed by atoms with Gasteiger partial charge in [0.25, 0.3) is 0 Å². The molecule has 3 heterocycles. The second-order valence-electron chi connectivity index (χ2n) is 5.79. The molecular weight excluding hydrogens is 316 g/mol. The molecule has 0 bridgehead atoms. The fraction of sp³-hybridized carbons (Fsp3) is 0.500. The summed E-state index contributed by atoms with van der Waals surface area (Å²) < 4.78 is 5.78. The molecule has 0 aromatic carbocycles. The van der Waals surface area contributed by atoms with Crippen LogP contribution in [0.2, 0.25) is 0 Å². The highest BCUT2D eigenvalue weighted by Gasteiger charge is 2.38. The van der Waals surface area contributed by atoms with Gasteiger partial charge in [-0.15, -0.1) is 22.7 Å². The lowest BCUT2D eigenvalue weighted by molar-refractivity contribution is -0.143. The Morgan fingerprint density at radius 1 is 1.41 bits per heavy atom. The van der Waals surface area contributed by atoms with Crippen LogP contribution in [0, 0.1) is 0 Å². The number of morpholine rings is 1. The van der Waals surface area contributed by atoms with E-state index in [9.17, 15) is 4.79 Å². The minimum Gasteiger partial charge on any atom is -0.374 e. The summed E-state index contributed by atoms with van der Waals surface area (Å²) in [7, 11) is 0. The Morgan fingerprint density at radius 3 is 3.23 bits per heavy atom. The van der Waals surface area contributed by atoms with Crippen molar-refractivity contribution in [2.24, 2.45) is 0 Å². The lowest BCUT2D eigenvalue weighted by Gasteiger charge is -2.37. The molecule has 2 aromatic rings. The number of aromatic nitrogens is 1. The first-order valence-corrected chi connectivity index (χ1v) is 9.46. The van der Waals surface area contributed by atoms with Gasteiger partial charge in [-0.25, -0.2) is 4.98 Å². The number of ether oxygens (including phenoxy) is 1. The number of thiazole rings is 1. The van der Waals surface area contributed by atoms with Crippen molar-refractivity contribution in [3.05, 3.63) is 28.6 Å². The van der Waals surface area contributed by atoms with Crippen LogP contribution < -0.4 is 0 Å². The summed E-state index contributed by atoms with van der Waals surface area (Å²) in [6.45, 7) is 1.40. The summed E-state index contributed by atoms with van der Waals surface area (Å²) in [5.41, 5.74) is 0.888. The van der Waals surface area contributed by atoms with Gasteiger partial charge in [-0.1, -0.05) is 6.07 Å². The van der Waals surface area contributed by atoms with Gasteiger partial charge in [-0.2, -0.15) is 0 Å². The first-order chi connectivity index (χ1) is 10.8. The van der Waals surface area contributed by atoms with Crippen LogP contribution in [0.1, 0.15) is 25.0 Å². The number of hydrogen-bond acceptors (Lipinski definition) is 5. The van der Waals surface area contributed by atoms with E-state index in [2.05, 4.69) is 16.4 Å². The zero-order valence-electron chi connectivity index (χ0n) is 12.2. The van der Waals surface area contributed by atoms with Crippen molar-refractivity contribution in [1.29, 1.82) is 0 Å². The zero-order valence-corrected chi connectivity index (χ0v) is 13.9. The van der Waals surface area contributed by atoms with Crippen LogP contribution in [0.3, 0.4) is 0 Å². The monoisotopic (exact) mass is 334 g/mol. The topological polar surface area (TPSA) is 42.4 Å². The largest absolute Gasteiger partial charge is 0.374 e. The van der Waals surface area contributed by atoms with Gasteiger partial charge >= 0.3 is 0 Å². The number of fused-ring (bicyclic) bond motifs is 1. The SMILES string of the molecule is O=C(Cc1csc(-c2cccs2)n1)N1CCO[C@H]2CCC[C@H]21. The van der Waals surface area contributed by atoms with Crippen molar-refractivity contribution in [2.75, 3.05) is 13.2 Å². The van der Waals surface area contributed by atoms with Gasteiger partial charge in [0, 0.05) is 11.9 Å². The highest BCUT2D eigenvalue weighted by Crippen LogP contribution is 2.31. The Kier molecular flexibility index (Phi) is 3.98. The molecule has 1 aliphatic heterocycles. The summed E-state index contributed by atoms with van der Waals surface area (Å²) in [4.78, 5) is 20.5. The predicted molar refractivity (Wildman–Crippen MR) is 88.2 cm³/mol. The molecule has 116 valence electrons. The normalized spacial score (nSPS) is 24.5. The van der Waals surface area contributed by atoms with E-state index in [1.807, 2.05) is 16.3 Å². The predicted octanol–water partition coefficient (Wildman–Crippen LogP) is 3.19. The van der Waals surface area contributed by atoms with E-state index in [1.54, 1.807) is 22.7 Å². The molecule has 2 atom stereocenters. The summed E-state index contributed by atoms with van der Waals surface area (Å²) in [5, 5.41) is 5.08. The standard InChI is InChI=1S/C16H18N2O2S2/c19-15(18-6-7-20-13-4-1-3-12(13)18)9-11-10-22-16(17-11)14-5-2-8-21-14/h2,5,8,10,12-13H,1,3-4,6-7,9H2/t12-,13+/m1/s1. The third kappa shape index (κ3) is 2.71. The fourth-order valence-corrected chi connectivity index (χ4v) is 5.03. The minimum absolute atomic E-state index is 0.197. The fourth-order valence-electron chi connectivity index (χ4n) is 3.39. The van der Waals surface area contributed by atoms with Gasteiger partial charge in [0.1, 0.15) is 5.01 Å². The third-order valence-corrected chi connectivity index (χ3v) is 6.35. The van der Waals surface area contributed by atoms with Crippen molar-refractivity contribution in [3.63, 3.8) is 0 Å². The van der Waals surface area contributed by atoms with Crippen LogP contribution in [0.4, 0.5) is 0 Å². The van der Waals surface area contributed by atoms with E-state index in [0.29, 0.717) is 13.0 Å². The van der Waals surface area contributed by atoms with Gasteiger partial charge in [0.15, 0.2) is 0 Å². The van der Waals surface area contributed by atoms with Crippen molar-refractivity contribution >= 4 is 28.6 Å². The number of thiophene rings is 1. The van der Waals surface area contributed by atoms with Crippen LogP contribution >= 0.6 is 22.7 Å². The summed E-state index contributed by atoms with van der Waals surface area (Å²) in [6.07, 6.45) is 4.00. The lowest BCUT2D eigenvalue weighted by atomic mass is 10.1. The highest BCUT2D eigenvalue weighted by atomic mass is 32.1. The molecule has 1 saturated carbocycles. The molecule has 1 saturated heterocycles. The maximum atomic E-state index is 12.6. The Hall–Kier alpha value is -1.24. The van der Waals surface area contributed by atoms with E-state index in [1.165, 1.54) is 11.3 Å². The van der Waals surface area contributed by atoms with Gasteiger partial charge in [-0.05, 0) is 30.7 Å². The average molecular weight is 334 g/mol. The molecule has 6 heteroatoms. The van der Waals surface area contributed by atoms with E-state index in [-0.39, 0.29) is 18.1 Å². The Bertz CT molecular complexity index is 653. The number of amides is 1. The van der Waals surface area contributed by atoms with E-state index < -0.39 is 0 Å². The number of nitrogens with zero attached hydrogens (tertiary/aromatic N) is 2. The van der Waals surface area contributed by atoms with Crippen LogP contribution in [-0.2, 0) is 16.0 Å². The van der Waals surface area contributed by atoms with Crippen molar-refractivity contribution < 1.29 is 9.53 Å². The Morgan fingerprint density at radius 2 is 2.36 bits per heavy atom. The van der Waals surface area contributed by atoms with Gasteiger partial charge in [0.2, 0.25) is 5.91 Å². The van der Waals surface area contributed by atoms with Gasteiger partial charge in [-0.3, -0.25) is 4.79 Å². The maximum Gasteiger partial charge on any atom is 0.229 e. The molecule has 4 rings (SSSR count). The maximum absolute atomic E-state index is 12.6. The molecule has 2 fully saturated rings. The van der Waals surface area contributed by atoms with E-state index >= 15 is 0 Å². The van der Waals surface area contributed by atoms with Crippen LogP contribution in [-0.4, -0.2) is 41.1 Å². The van der Waals surface area contributed by atoms with Crippen LogP contribution in [0.25, 0.3) is 9.88 Å². The first-order valence-electron chi connectivity index (χ1n) is 7.70. The molecular formula is C16H18N2O2S2. The quantitative estimate of drug-likeness (QED) is 0.866. The van der Waals surface area contributed by atoms with E-state index in [0.717, 1.165) is 30.1 Å². The zero-order chi connectivity index (χ0) is 14.9. The average Bonchev–Trinajstić information content (AvgIpc) is 3.27. The summed E-state index contributed by atoms with van der Waals surface area (Å²) in [5.74, 6) is 0.197. The molecule has 0 N–H and O–H groups in total. The second-order valence-corrected chi connectivity index (χ2v) is 7.60. The summed E-state index contributed by atoms with van der Waals surface area (Å²) >= 11 is 3.30. The van der Waals surface area contributed by atoms with Crippen molar-refractivity contribution in [1.82, 2.24) is 9.88 Å². The smallest absolute Gasteiger partial charge is 0.229 e. The van der Waals surface area contributed by atoms with Crippen LogP contribution in [0.15, 0.2) is 22.9 Å². The second kappa shape index (κ2) is 6.10. The van der Waals surface area contributed by atoms with Crippen LogP contribution in [0.5, 0.6) is 0 Å². The molecule has 1 aliphatic carbocycles. The van der Waals surface area contributed by atoms with E-state index in [4.69, 9.17) is 4.74 Å². The molecule has 22 heavy (non-hydrogen) atoms.